The Bertz CT molecular complexity index is 262. The summed E-state index contributed by atoms with van der Waals surface area (Å²) in [6.07, 6.45) is 6.60. The van der Waals surface area contributed by atoms with Crippen molar-refractivity contribution in [2.24, 2.45) is 5.92 Å². The molecule has 0 radical (unpaired) electrons. The smallest absolute Gasteiger partial charge is 0.222 e. The topological polar surface area (TPSA) is 44.1 Å². The molecule has 1 saturated carbocycles. The Morgan fingerprint density at radius 3 is 2.50 bits per heavy atom. The summed E-state index contributed by atoms with van der Waals surface area (Å²) in [6.45, 7) is 2.04. The molecule has 0 N–H and O–H groups in total. The molecule has 3 heteroatoms. The van der Waals surface area contributed by atoms with Crippen LogP contribution in [0.15, 0.2) is 0 Å². The molecule has 1 rings (SSSR count). The summed E-state index contributed by atoms with van der Waals surface area (Å²) >= 11 is 0. The van der Waals surface area contributed by atoms with Gasteiger partial charge in [-0.15, -0.1) is 0 Å². The van der Waals surface area contributed by atoms with E-state index in [1.165, 1.54) is 0 Å². The van der Waals surface area contributed by atoms with E-state index in [1.807, 2.05) is 18.9 Å². The second kappa shape index (κ2) is 6.52. The Morgan fingerprint density at radius 1 is 1.38 bits per heavy atom. The van der Waals surface area contributed by atoms with Gasteiger partial charge in [-0.1, -0.05) is 6.92 Å². The van der Waals surface area contributed by atoms with Gasteiger partial charge in [0.2, 0.25) is 5.91 Å². The third-order valence-electron chi connectivity index (χ3n) is 3.60. The number of rotatable bonds is 4. The SMILES string of the molecule is CCCC(=O)N(C)C1CCC(CC#N)CC1. The largest absolute Gasteiger partial charge is 0.343 e. The zero-order chi connectivity index (χ0) is 12.0. The molecule has 1 fully saturated rings. The first kappa shape index (κ1) is 13.0. The Hall–Kier alpha value is -1.04. The zero-order valence-electron chi connectivity index (χ0n) is 10.4. The van der Waals surface area contributed by atoms with Gasteiger partial charge < -0.3 is 4.90 Å². The van der Waals surface area contributed by atoms with Gasteiger partial charge in [-0.25, -0.2) is 0 Å². The van der Waals surface area contributed by atoms with Crippen molar-refractivity contribution in [2.45, 2.75) is 57.9 Å². The molecule has 0 aromatic carbocycles. The van der Waals surface area contributed by atoms with E-state index in [9.17, 15) is 4.79 Å². The highest BCUT2D eigenvalue weighted by molar-refractivity contribution is 5.76. The van der Waals surface area contributed by atoms with Crippen LogP contribution in [0.1, 0.15) is 51.9 Å². The van der Waals surface area contributed by atoms with E-state index in [-0.39, 0.29) is 5.91 Å². The lowest BCUT2D eigenvalue weighted by Gasteiger charge is -2.34. The third kappa shape index (κ3) is 3.52. The molecule has 90 valence electrons. The lowest BCUT2D eigenvalue weighted by molar-refractivity contribution is -0.132. The van der Waals surface area contributed by atoms with Crippen molar-refractivity contribution >= 4 is 5.91 Å². The maximum Gasteiger partial charge on any atom is 0.222 e. The van der Waals surface area contributed by atoms with E-state index in [4.69, 9.17) is 5.26 Å². The van der Waals surface area contributed by atoms with Crippen LogP contribution in [-0.2, 0) is 4.79 Å². The highest BCUT2D eigenvalue weighted by Gasteiger charge is 2.25. The fraction of sp³-hybridized carbons (Fsp3) is 0.846. The summed E-state index contributed by atoms with van der Waals surface area (Å²) in [5.74, 6) is 0.835. The number of carbonyl (C=O) groups excluding carboxylic acids is 1. The van der Waals surface area contributed by atoms with Gasteiger partial charge in [0.25, 0.3) is 0 Å². The normalized spacial score (nSPS) is 24.8. The Kier molecular flexibility index (Phi) is 5.31. The van der Waals surface area contributed by atoms with E-state index in [0.29, 0.717) is 24.8 Å². The number of amides is 1. The van der Waals surface area contributed by atoms with Crippen molar-refractivity contribution in [3.63, 3.8) is 0 Å². The predicted molar refractivity (Wildman–Crippen MR) is 63.7 cm³/mol. The second-order valence-corrected chi connectivity index (χ2v) is 4.79. The first-order valence-electron chi connectivity index (χ1n) is 6.31. The highest BCUT2D eigenvalue weighted by Crippen LogP contribution is 2.29. The molecule has 1 aliphatic rings. The van der Waals surface area contributed by atoms with E-state index < -0.39 is 0 Å². The van der Waals surface area contributed by atoms with Gasteiger partial charge in [0.15, 0.2) is 0 Å². The van der Waals surface area contributed by atoms with Crippen LogP contribution in [0.4, 0.5) is 0 Å². The van der Waals surface area contributed by atoms with Crippen molar-refractivity contribution in [1.82, 2.24) is 4.90 Å². The molecular formula is C13H22N2O. The minimum atomic E-state index is 0.270. The van der Waals surface area contributed by atoms with Gasteiger partial charge in [-0.2, -0.15) is 5.26 Å². The summed E-state index contributed by atoms with van der Waals surface area (Å²) in [5.41, 5.74) is 0. The number of hydrogen-bond donors (Lipinski definition) is 0. The Labute approximate surface area is 98.4 Å². The first-order valence-corrected chi connectivity index (χ1v) is 6.31. The molecule has 0 aromatic rings. The van der Waals surface area contributed by atoms with Gasteiger partial charge in [0.1, 0.15) is 0 Å². The fourth-order valence-electron chi connectivity index (χ4n) is 2.46. The molecule has 0 saturated heterocycles. The van der Waals surface area contributed by atoms with Crippen molar-refractivity contribution in [1.29, 1.82) is 5.26 Å². The zero-order valence-corrected chi connectivity index (χ0v) is 10.4. The van der Waals surface area contributed by atoms with Crippen LogP contribution in [-0.4, -0.2) is 23.9 Å². The molecule has 1 amide bonds. The molecular weight excluding hydrogens is 200 g/mol. The molecule has 0 unspecified atom stereocenters. The van der Waals surface area contributed by atoms with Gasteiger partial charge in [0.05, 0.1) is 6.07 Å². The first-order chi connectivity index (χ1) is 7.69. The molecule has 16 heavy (non-hydrogen) atoms. The minimum Gasteiger partial charge on any atom is -0.343 e. The van der Waals surface area contributed by atoms with E-state index >= 15 is 0 Å². The Balaban J connectivity index is 2.35. The van der Waals surface area contributed by atoms with Crippen LogP contribution in [0.25, 0.3) is 0 Å². The standard InChI is InChI=1S/C13H22N2O/c1-3-4-13(16)15(2)12-7-5-11(6-8-12)9-10-14/h11-12H,3-9H2,1-2H3. The van der Waals surface area contributed by atoms with E-state index in [1.54, 1.807) is 0 Å². The molecule has 0 atom stereocenters. The van der Waals surface area contributed by atoms with Crippen LogP contribution in [0.2, 0.25) is 0 Å². The number of hydrogen-bond acceptors (Lipinski definition) is 2. The molecule has 0 aliphatic heterocycles. The fourth-order valence-corrected chi connectivity index (χ4v) is 2.46. The van der Waals surface area contributed by atoms with Crippen molar-refractivity contribution in [3.05, 3.63) is 0 Å². The van der Waals surface area contributed by atoms with Crippen molar-refractivity contribution < 1.29 is 4.79 Å². The summed E-state index contributed by atoms with van der Waals surface area (Å²) in [6, 6.07) is 2.66. The van der Waals surface area contributed by atoms with Gasteiger partial charge in [-0.3, -0.25) is 4.79 Å². The monoisotopic (exact) mass is 222 g/mol. The second-order valence-electron chi connectivity index (χ2n) is 4.79. The lowest BCUT2D eigenvalue weighted by atomic mass is 9.84. The van der Waals surface area contributed by atoms with Gasteiger partial charge >= 0.3 is 0 Å². The van der Waals surface area contributed by atoms with E-state index in [0.717, 1.165) is 32.1 Å². The summed E-state index contributed by atoms with van der Waals surface area (Å²) in [4.78, 5) is 13.6. The molecule has 0 bridgehead atoms. The number of carbonyl (C=O) groups is 1. The molecule has 0 spiro atoms. The van der Waals surface area contributed by atoms with Crippen LogP contribution in [0, 0.1) is 17.2 Å². The average Bonchev–Trinajstić information content (AvgIpc) is 2.30. The van der Waals surface area contributed by atoms with Crippen molar-refractivity contribution in [3.8, 4) is 6.07 Å². The van der Waals surface area contributed by atoms with Crippen LogP contribution in [0.5, 0.6) is 0 Å². The minimum absolute atomic E-state index is 0.270. The summed E-state index contributed by atoms with van der Waals surface area (Å²) in [5, 5.41) is 8.64. The lowest BCUT2D eigenvalue weighted by Crippen LogP contribution is -2.39. The van der Waals surface area contributed by atoms with Crippen LogP contribution < -0.4 is 0 Å². The summed E-state index contributed by atoms with van der Waals surface area (Å²) in [7, 11) is 1.92. The number of nitriles is 1. The molecule has 0 aromatic heterocycles. The molecule has 0 heterocycles. The maximum atomic E-state index is 11.7. The third-order valence-corrected chi connectivity index (χ3v) is 3.60. The maximum absolute atomic E-state index is 11.7. The molecule has 1 aliphatic carbocycles. The molecule has 3 nitrogen and oxygen atoms in total. The van der Waals surface area contributed by atoms with Crippen molar-refractivity contribution in [2.75, 3.05) is 7.05 Å². The number of nitrogens with zero attached hydrogens (tertiary/aromatic N) is 2. The van der Waals surface area contributed by atoms with Crippen LogP contribution in [0.3, 0.4) is 0 Å². The van der Waals surface area contributed by atoms with E-state index in [2.05, 4.69) is 6.07 Å². The van der Waals surface area contributed by atoms with Gasteiger partial charge in [-0.05, 0) is 38.0 Å². The van der Waals surface area contributed by atoms with Crippen LogP contribution >= 0.6 is 0 Å². The predicted octanol–water partition coefficient (Wildman–Crippen LogP) is 2.72. The average molecular weight is 222 g/mol. The quantitative estimate of drug-likeness (QED) is 0.734. The highest BCUT2D eigenvalue weighted by atomic mass is 16.2. The summed E-state index contributed by atoms with van der Waals surface area (Å²) < 4.78 is 0. The Morgan fingerprint density at radius 2 is 2.00 bits per heavy atom. The van der Waals surface area contributed by atoms with Gasteiger partial charge in [0, 0.05) is 25.9 Å².